The quantitative estimate of drug-likeness (QED) is 0.122. The SMILES string of the molecule is O=C(O)CN(CCN(CC(=O)O)CC(=O)O)CCN(CC(=O)O)CC(=O)Nc1cccc(-c2cccc(-c3ccccn3)n2)n1. The fraction of sp³-hybridized carbons (Fsp3) is 0.310. The molecule has 0 radical (unpaired) electrons. The van der Waals surface area contributed by atoms with E-state index in [0.29, 0.717) is 22.8 Å². The van der Waals surface area contributed by atoms with Gasteiger partial charge in [-0.2, -0.15) is 0 Å². The molecule has 16 heteroatoms. The van der Waals surface area contributed by atoms with Gasteiger partial charge in [0.2, 0.25) is 5.91 Å². The van der Waals surface area contributed by atoms with Crippen LogP contribution in [0.15, 0.2) is 60.8 Å². The fourth-order valence-corrected chi connectivity index (χ4v) is 4.30. The maximum atomic E-state index is 12.9. The molecule has 0 unspecified atom stereocenters. The molecule has 0 aliphatic carbocycles. The lowest BCUT2D eigenvalue weighted by Gasteiger charge is -2.27. The van der Waals surface area contributed by atoms with Crippen LogP contribution in [0.5, 0.6) is 0 Å². The second-order valence-electron chi connectivity index (χ2n) is 9.85. The van der Waals surface area contributed by atoms with Gasteiger partial charge < -0.3 is 25.7 Å². The van der Waals surface area contributed by atoms with Gasteiger partial charge in [-0.1, -0.05) is 18.2 Å². The van der Waals surface area contributed by atoms with Crippen molar-refractivity contribution in [2.45, 2.75) is 0 Å². The van der Waals surface area contributed by atoms with Crippen molar-refractivity contribution in [3.63, 3.8) is 0 Å². The van der Waals surface area contributed by atoms with Gasteiger partial charge in [-0.15, -0.1) is 0 Å². The van der Waals surface area contributed by atoms with Gasteiger partial charge in [0.25, 0.3) is 0 Å². The zero-order valence-corrected chi connectivity index (χ0v) is 24.2. The molecule has 1 amide bonds. The van der Waals surface area contributed by atoms with E-state index < -0.39 is 56.0 Å². The highest BCUT2D eigenvalue weighted by molar-refractivity contribution is 5.91. The van der Waals surface area contributed by atoms with Crippen LogP contribution in [0.25, 0.3) is 22.8 Å². The molecule has 3 aromatic heterocycles. The van der Waals surface area contributed by atoms with Crippen molar-refractivity contribution in [2.75, 3.05) is 64.2 Å². The van der Waals surface area contributed by atoms with Crippen molar-refractivity contribution in [3.05, 3.63) is 60.8 Å². The molecule has 0 spiro atoms. The molecule has 0 aromatic carbocycles. The van der Waals surface area contributed by atoms with Crippen molar-refractivity contribution < 1.29 is 44.4 Å². The molecule has 238 valence electrons. The number of aromatic nitrogens is 3. The molecule has 5 N–H and O–H groups in total. The molecule has 0 atom stereocenters. The minimum absolute atomic E-state index is 0.00680. The van der Waals surface area contributed by atoms with Crippen molar-refractivity contribution in [2.24, 2.45) is 0 Å². The predicted molar refractivity (Wildman–Crippen MR) is 159 cm³/mol. The molecule has 0 saturated carbocycles. The minimum Gasteiger partial charge on any atom is -0.480 e. The Morgan fingerprint density at radius 3 is 1.51 bits per heavy atom. The van der Waals surface area contributed by atoms with E-state index >= 15 is 0 Å². The van der Waals surface area contributed by atoms with Crippen LogP contribution in [-0.2, 0) is 24.0 Å². The van der Waals surface area contributed by atoms with Crippen molar-refractivity contribution >= 4 is 35.6 Å². The monoisotopic (exact) mass is 623 g/mol. The summed E-state index contributed by atoms with van der Waals surface area (Å²) in [5, 5.41) is 39.4. The molecule has 3 rings (SSSR count). The Balaban J connectivity index is 1.64. The topological polar surface area (TPSA) is 227 Å². The number of carbonyl (C=O) groups excluding carboxylic acids is 1. The highest BCUT2D eigenvalue weighted by Gasteiger charge is 2.20. The van der Waals surface area contributed by atoms with E-state index in [1.165, 1.54) is 9.80 Å². The number of aliphatic carboxylic acids is 4. The van der Waals surface area contributed by atoms with Crippen LogP contribution in [0.1, 0.15) is 0 Å². The third-order valence-electron chi connectivity index (χ3n) is 6.22. The van der Waals surface area contributed by atoms with Gasteiger partial charge in [-0.3, -0.25) is 43.7 Å². The Labute approximate surface area is 257 Å². The van der Waals surface area contributed by atoms with Crippen LogP contribution >= 0.6 is 0 Å². The first-order valence-electron chi connectivity index (χ1n) is 13.7. The number of carbonyl (C=O) groups is 5. The lowest BCUT2D eigenvalue weighted by atomic mass is 10.2. The number of amides is 1. The molecule has 3 heterocycles. The number of pyridine rings is 3. The van der Waals surface area contributed by atoms with Crippen molar-refractivity contribution in [1.82, 2.24) is 29.7 Å². The minimum atomic E-state index is -1.24. The van der Waals surface area contributed by atoms with Crippen LogP contribution in [0, 0.1) is 0 Å². The molecule has 0 saturated heterocycles. The maximum Gasteiger partial charge on any atom is 0.317 e. The van der Waals surface area contributed by atoms with E-state index in [-0.39, 0.29) is 38.5 Å². The van der Waals surface area contributed by atoms with E-state index in [0.717, 1.165) is 4.90 Å². The molecular formula is C29H33N7O9. The highest BCUT2D eigenvalue weighted by Crippen LogP contribution is 2.21. The smallest absolute Gasteiger partial charge is 0.317 e. The summed E-state index contributed by atoms with van der Waals surface area (Å²) in [7, 11) is 0. The normalized spacial score (nSPS) is 11.1. The zero-order valence-electron chi connectivity index (χ0n) is 24.2. The standard InChI is InChI=1S/C29H33N7O9/c37-25(33-24-9-4-8-23(32-24)22-7-3-6-21(31-22)20-5-1-2-10-30-20)15-35(17-27(40)41)13-11-34(16-26(38)39)12-14-36(18-28(42)43)19-29(44)45/h1-10H,11-19H2,(H,38,39)(H,40,41)(H,42,43)(H,44,45)(H,32,33,37). The van der Waals surface area contributed by atoms with E-state index in [1.807, 2.05) is 24.3 Å². The molecule has 3 aromatic rings. The van der Waals surface area contributed by atoms with Crippen LogP contribution in [0.3, 0.4) is 0 Å². The molecule has 0 aliphatic rings. The molecule has 0 fully saturated rings. The third kappa shape index (κ3) is 12.4. The summed E-state index contributed by atoms with van der Waals surface area (Å²) in [6, 6.07) is 15.8. The van der Waals surface area contributed by atoms with Gasteiger partial charge in [0, 0.05) is 32.4 Å². The van der Waals surface area contributed by atoms with Crippen molar-refractivity contribution in [1.29, 1.82) is 0 Å². The van der Waals surface area contributed by atoms with Crippen LogP contribution in [0.4, 0.5) is 5.82 Å². The molecule has 0 aliphatic heterocycles. The Morgan fingerprint density at radius 2 is 0.978 bits per heavy atom. The number of nitrogens with one attached hydrogen (secondary N) is 1. The number of carboxylic acid groups (broad SMARTS) is 4. The van der Waals surface area contributed by atoms with Gasteiger partial charge >= 0.3 is 23.9 Å². The van der Waals surface area contributed by atoms with Crippen LogP contribution in [0.2, 0.25) is 0 Å². The number of carboxylic acids is 4. The Hall–Kier alpha value is -5.32. The summed E-state index contributed by atoms with van der Waals surface area (Å²) in [6.45, 7) is -2.53. The number of nitrogens with zero attached hydrogens (tertiary/aromatic N) is 6. The van der Waals surface area contributed by atoms with E-state index in [9.17, 15) is 34.2 Å². The molecular weight excluding hydrogens is 590 g/mol. The number of hydrogen-bond donors (Lipinski definition) is 5. The van der Waals surface area contributed by atoms with Crippen LogP contribution < -0.4 is 5.32 Å². The molecule has 0 bridgehead atoms. The highest BCUT2D eigenvalue weighted by atomic mass is 16.4. The lowest BCUT2D eigenvalue weighted by molar-refractivity contribution is -0.143. The summed E-state index contributed by atoms with van der Waals surface area (Å²) < 4.78 is 0. The maximum absolute atomic E-state index is 12.9. The fourth-order valence-electron chi connectivity index (χ4n) is 4.30. The summed E-state index contributed by atoms with van der Waals surface area (Å²) in [5.41, 5.74) is 2.35. The van der Waals surface area contributed by atoms with Gasteiger partial charge in [-0.05, 0) is 36.4 Å². The predicted octanol–water partition coefficient (Wildman–Crippen LogP) is 0.389. The Morgan fingerprint density at radius 1 is 0.533 bits per heavy atom. The molecule has 16 nitrogen and oxygen atoms in total. The van der Waals surface area contributed by atoms with Gasteiger partial charge in [-0.25, -0.2) is 9.97 Å². The van der Waals surface area contributed by atoms with Gasteiger partial charge in [0.1, 0.15) is 5.82 Å². The third-order valence-corrected chi connectivity index (χ3v) is 6.22. The average Bonchev–Trinajstić information content (AvgIpc) is 2.98. The number of anilines is 1. The summed E-state index contributed by atoms with van der Waals surface area (Å²) in [6.07, 6.45) is 1.66. The Kier molecular flexibility index (Phi) is 13.0. The zero-order chi connectivity index (χ0) is 32.8. The van der Waals surface area contributed by atoms with Crippen LogP contribution in [-0.4, -0.2) is 139 Å². The van der Waals surface area contributed by atoms with E-state index in [1.54, 1.807) is 36.5 Å². The second kappa shape index (κ2) is 17.1. The number of rotatable bonds is 19. The van der Waals surface area contributed by atoms with Crippen molar-refractivity contribution in [3.8, 4) is 22.8 Å². The summed E-state index contributed by atoms with van der Waals surface area (Å²) in [5.74, 6) is -5.23. The second-order valence-corrected chi connectivity index (χ2v) is 9.85. The largest absolute Gasteiger partial charge is 0.480 e. The Bertz CT molecular complexity index is 1470. The summed E-state index contributed by atoms with van der Waals surface area (Å²) >= 11 is 0. The van der Waals surface area contributed by atoms with E-state index in [4.69, 9.17) is 10.2 Å². The first-order chi connectivity index (χ1) is 21.5. The van der Waals surface area contributed by atoms with Gasteiger partial charge in [0.05, 0.1) is 55.5 Å². The average molecular weight is 624 g/mol. The number of hydrogen-bond acceptors (Lipinski definition) is 11. The summed E-state index contributed by atoms with van der Waals surface area (Å²) in [4.78, 5) is 75.2. The lowest BCUT2D eigenvalue weighted by Crippen LogP contribution is -2.46. The van der Waals surface area contributed by atoms with E-state index in [2.05, 4.69) is 20.3 Å². The first kappa shape index (κ1) is 34.2. The van der Waals surface area contributed by atoms with Gasteiger partial charge in [0.15, 0.2) is 0 Å². The first-order valence-corrected chi connectivity index (χ1v) is 13.7. The molecule has 45 heavy (non-hydrogen) atoms.